The molecule has 0 spiro atoms. The van der Waals surface area contributed by atoms with Crippen molar-refractivity contribution in [1.82, 2.24) is 24.9 Å². The largest absolute Gasteiger partial charge is 0.302 e. The Labute approximate surface area is 166 Å². The van der Waals surface area contributed by atoms with E-state index in [9.17, 15) is 9.18 Å². The van der Waals surface area contributed by atoms with Crippen molar-refractivity contribution >= 4 is 11.0 Å². The molecule has 0 fully saturated rings. The summed E-state index contributed by atoms with van der Waals surface area (Å²) in [5, 5.41) is 11.8. The van der Waals surface area contributed by atoms with Crippen LogP contribution in [0.3, 0.4) is 0 Å². The minimum absolute atomic E-state index is 0.165. The summed E-state index contributed by atoms with van der Waals surface area (Å²) in [5.74, 6) is -0.485. The van der Waals surface area contributed by atoms with Crippen LogP contribution in [0.25, 0.3) is 28.0 Å². The molecule has 2 aromatic heterocycles. The number of aromatic amines is 1. The minimum Gasteiger partial charge on any atom is -0.302 e. The second-order valence-corrected chi connectivity index (χ2v) is 7.61. The van der Waals surface area contributed by atoms with Gasteiger partial charge in [-0.05, 0) is 49.2 Å². The number of nitrogens with zero attached hydrogens (tertiary/aromatic N) is 4. The third-order valence-corrected chi connectivity index (χ3v) is 5.53. The van der Waals surface area contributed by atoms with Crippen LogP contribution in [0.2, 0.25) is 0 Å². The molecule has 1 N–H and O–H groups in total. The lowest BCUT2D eigenvalue weighted by Gasteiger charge is -2.25. The van der Waals surface area contributed by atoms with Gasteiger partial charge in [0.2, 0.25) is 0 Å². The van der Waals surface area contributed by atoms with Crippen molar-refractivity contribution in [3.05, 3.63) is 75.3 Å². The van der Waals surface area contributed by atoms with Crippen LogP contribution in [0.1, 0.15) is 16.7 Å². The summed E-state index contributed by atoms with van der Waals surface area (Å²) in [6.45, 7) is 3.69. The average Bonchev–Trinajstić information content (AvgIpc) is 3.10. The van der Waals surface area contributed by atoms with E-state index < -0.39 is 11.4 Å². The number of H-pyrrole nitrogens is 1. The number of aromatic nitrogens is 4. The van der Waals surface area contributed by atoms with Gasteiger partial charge in [0.1, 0.15) is 22.7 Å². The maximum atomic E-state index is 14.5. The van der Waals surface area contributed by atoms with E-state index in [1.807, 2.05) is 6.07 Å². The molecule has 0 aliphatic carbocycles. The zero-order chi connectivity index (χ0) is 20.1. The van der Waals surface area contributed by atoms with Crippen molar-refractivity contribution in [1.29, 1.82) is 0 Å². The van der Waals surface area contributed by atoms with Crippen LogP contribution in [-0.2, 0) is 13.0 Å². The number of nitrogens with one attached hydrogen (secondary N) is 1. The number of aryl methyl sites for hydroxylation is 1. The lowest BCUT2D eigenvalue weighted by Crippen LogP contribution is -2.26. The summed E-state index contributed by atoms with van der Waals surface area (Å²) in [5.41, 5.74) is 5.66. The Morgan fingerprint density at radius 1 is 1.14 bits per heavy atom. The monoisotopic (exact) mass is 389 g/mol. The molecule has 1 aliphatic rings. The van der Waals surface area contributed by atoms with Crippen molar-refractivity contribution in [2.75, 3.05) is 13.6 Å². The third kappa shape index (κ3) is 2.94. The fraction of sp³-hybridized carbons (Fsp3) is 0.227. The first-order valence-corrected chi connectivity index (χ1v) is 9.56. The number of fused-ring (bicyclic) bond motifs is 2. The number of likely N-dealkylation sites (N-methyl/N-ethyl adjacent to an activating group) is 1. The van der Waals surface area contributed by atoms with Crippen molar-refractivity contribution in [2.24, 2.45) is 0 Å². The molecule has 6 nitrogen and oxygen atoms in total. The molecule has 0 amide bonds. The molecule has 146 valence electrons. The van der Waals surface area contributed by atoms with Crippen molar-refractivity contribution in [2.45, 2.75) is 19.9 Å². The van der Waals surface area contributed by atoms with Gasteiger partial charge in [0.05, 0.1) is 5.52 Å². The van der Waals surface area contributed by atoms with Crippen LogP contribution < -0.4 is 5.56 Å². The Morgan fingerprint density at radius 3 is 2.83 bits per heavy atom. The fourth-order valence-electron chi connectivity index (χ4n) is 3.98. The van der Waals surface area contributed by atoms with Crippen LogP contribution in [0, 0.1) is 12.7 Å². The molecule has 0 bridgehead atoms. The van der Waals surface area contributed by atoms with Gasteiger partial charge < -0.3 is 4.90 Å². The number of benzene rings is 2. The molecule has 1 aliphatic heterocycles. The van der Waals surface area contributed by atoms with Crippen LogP contribution >= 0.6 is 0 Å². The van der Waals surface area contributed by atoms with E-state index in [2.05, 4.69) is 39.4 Å². The highest BCUT2D eigenvalue weighted by molar-refractivity contribution is 5.89. The molecular weight excluding hydrogens is 369 g/mol. The van der Waals surface area contributed by atoms with Crippen LogP contribution in [0.15, 0.2) is 47.3 Å². The van der Waals surface area contributed by atoms with Crippen molar-refractivity contribution in [3.8, 4) is 16.9 Å². The summed E-state index contributed by atoms with van der Waals surface area (Å²) in [4.78, 5) is 14.9. The normalized spacial score (nSPS) is 14.3. The van der Waals surface area contributed by atoms with Gasteiger partial charge in [-0.1, -0.05) is 24.3 Å². The molecule has 4 aromatic rings. The molecular formula is C22H20FN5O. The number of hydrogen-bond acceptors (Lipinski definition) is 4. The molecule has 0 saturated carbocycles. The summed E-state index contributed by atoms with van der Waals surface area (Å²) in [7, 11) is 2.11. The van der Waals surface area contributed by atoms with Gasteiger partial charge in [-0.3, -0.25) is 9.89 Å². The topological polar surface area (TPSA) is 66.8 Å². The second-order valence-electron chi connectivity index (χ2n) is 7.61. The van der Waals surface area contributed by atoms with Gasteiger partial charge in [0, 0.05) is 24.7 Å². The molecule has 2 aromatic carbocycles. The smallest absolute Gasteiger partial charge is 0.273 e. The molecule has 0 saturated heterocycles. The second kappa shape index (κ2) is 6.63. The number of para-hydroxylation sites is 1. The average molecular weight is 389 g/mol. The molecule has 3 heterocycles. The minimum atomic E-state index is -0.485. The summed E-state index contributed by atoms with van der Waals surface area (Å²) in [6.07, 6.45) is 1.03. The number of rotatable bonds is 2. The van der Waals surface area contributed by atoms with E-state index in [0.29, 0.717) is 22.3 Å². The molecule has 5 rings (SSSR count). The van der Waals surface area contributed by atoms with Gasteiger partial charge in [-0.15, -0.1) is 0 Å². The van der Waals surface area contributed by atoms with E-state index >= 15 is 0 Å². The number of halogens is 1. The molecule has 0 unspecified atom stereocenters. The summed E-state index contributed by atoms with van der Waals surface area (Å²) >= 11 is 0. The molecule has 0 atom stereocenters. The molecule has 29 heavy (non-hydrogen) atoms. The zero-order valence-electron chi connectivity index (χ0n) is 16.2. The zero-order valence-corrected chi connectivity index (χ0v) is 16.2. The first-order chi connectivity index (χ1) is 14.0. The van der Waals surface area contributed by atoms with Crippen molar-refractivity contribution < 1.29 is 4.39 Å². The van der Waals surface area contributed by atoms with Gasteiger partial charge in [0.25, 0.3) is 5.56 Å². The lowest BCUT2D eigenvalue weighted by molar-refractivity contribution is 0.313. The Balaban J connectivity index is 1.69. The maximum Gasteiger partial charge on any atom is 0.273 e. The van der Waals surface area contributed by atoms with E-state index in [-0.39, 0.29) is 5.69 Å². The highest BCUT2D eigenvalue weighted by Crippen LogP contribution is 2.28. The van der Waals surface area contributed by atoms with Crippen LogP contribution in [0.5, 0.6) is 0 Å². The van der Waals surface area contributed by atoms with Crippen LogP contribution in [-0.4, -0.2) is 38.5 Å². The lowest BCUT2D eigenvalue weighted by atomic mass is 9.96. The highest BCUT2D eigenvalue weighted by Gasteiger charge is 2.18. The Hall–Kier alpha value is -3.32. The summed E-state index contributed by atoms with van der Waals surface area (Å²) < 4.78 is 15.6. The Kier molecular flexibility index (Phi) is 4.06. The fourth-order valence-corrected chi connectivity index (χ4v) is 3.98. The van der Waals surface area contributed by atoms with Gasteiger partial charge >= 0.3 is 0 Å². The molecule has 0 radical (unpaired) electrons. The highest BCUT2D eigenvalue weighted by atomic mass is 19.1. The third-order valence-electron chi connectivity index (χ3n) is 5.53. The Morgan fingerprint density at radius 2 is 2.00 bits per heavy atom. The van der Waals surface area contributed by atoms with Gasteiger partial charge in [0.15, 0.2) is 0 Å². The first-order valence-electron chi connectivity index (χ1n) is 9.56. The SMILES string of the molecule is Cc1cccc(F)c1-n1nc2c(-c3ccc4c(c3)CN(C)CC4)n[nH]c2cc1=O. The van der Waals surface area contributed by atoms with Crippen molar-refractivity contribution in [3.63, 3.8) is 0 Å². The number of hydrogen-bond donors (Lipinski definition) is 1. The van der Waals surface area contributed by atoms with Gasteiger partial charge in [-0.2, -0.15) is 14.9 Å². The van der Waals surface area contributed by atoms with E-state index in [1.165, 1.54) is 23.3 Å². The van der Waals surface area contributed by atoms with E-state index in [1.54, 1.807) is 19.1 Å². The molecule has 7 heteroatoms. The standard InChI is InChI=1S/C22H20FN5O/c1-13-4-3-5-17(23)22(13)28-19(29)11-18-21(26-28)20(25-24-18)15-7-6-14-8-9-27(2)12-16(14)10-15/h3-7,10-11,24H,8-9,12H2,1-2H3. The maximum absolute atomic E-state index is 14.5. The Bertz CT molecular complexity index is 1290. The predicted octanol–water partition coefficient (Wildman–Crippen LogP) is 3.21. The quantitative estimate of drug-likeness (QED) is 0.572. The van der Waals surface area contributed by atoms with E-state index in [0.717, 1.165) is 29.8 Å². The first kappa shape index (κ1) is 17.8. The van der Waals surface area contributed by atoms with Crippen LogP contribution in [0.4, 0.5) is 4.39 Å². The van der Waals surface area contributed by atoms with E-state index in [4.69, 9.17) is 0 Å². The predicted molar refractivity (Wildman–Crippen MR) is 110 cm³/mol. The summed E-state index contributed by atoms with van der Waals surface area (Å²) in [6, 6.07) is 12.4. The van der Waals surface area contributed by atoms with Gasteiger partial charge in [-0.25, -0.2) is 4.39 Å².